The summed E-state index contributed by atoms with van der Waals surface area (Å²) in [4.78, 5) is 18.6. The summed E-state index contributed by atoms with van der Waals surface area (Å²) in [6.45, 7) is 5.39. The lowest BCUT2D eigenvalue weighted by atomic mass is 10.1. The van der Waals surface area contributed by atoms with E-state index < -0.39 is 0 Å². The number of carbonyl (C=O) groups is 1. The van der Waals surface area contributed by atoms with Crippen molar-refractivity contribution in [2.45, 2.75) is 32.6 Å². The van der Waals surface area contributed by atoms with Crippen molar-refractivity contribution in [1.29, 1.82) is 0 Å². The minimum atomic E-state index is 0.0314. The standard InChI is InChI=1S/C15H23N3O/c1-13(8-12-18-10-5-2-6-11-18)15(19)17-14-7-3-4-9-16-14/h3-4,7,9,13H,2,5-6,8,10-12H2,1H3,(H,16,17,19). The Morgan fingerprint density at radius 1 is 1.37 bits per heavy atom. The molecule has 4 nitrogen and oxygen atoms in total. The van der Waals surface area contributed by atoms with Gasteiger partial charge >= 0.3 is 0 Å². The van der Waals surface area contributed by atoms with Gasteiger partial charge in [-0.1, -0.05) is 19.4 Å². The van der Waals surface area contributed by atoms with Crippen molar-refractivity contribution >= 4 is 11.7 Å². The lowest BCUT2D eigenvalue weighted by Gasteiger charge is -2.27. The average Bonchev–Trinajstić information content (AvgIpc) is 2.47. The van der Waals surface area contributed by atoms with Crippen molar-refractivity contribution in [3.8, 4) is 0 Å². The third kappa shape index (κ3) is 4.63. The molecule has 0 spiro atoms. The minimum absolute atomic E-state index is 0.0314. The monoisotopic (exact) mass is 261 g/mol. The molecule has 1 aromatic heterocycles. The summed E-state index contributed by atoms with van der Waals surface area (Å²) in [5, 5.41) is 2.86. The van der Waals surface area contributed by atoms with Gasteiger partial charge in [0.2, 0.25) is 5.91 Å². The van der Waals surface area contributed by atoms with E-state index in [9.17, 15) is 4.79 Å². The van der Waals surface area contributed by atoms with Crippen LogP contribution in [0.5, 0.6) is 0 Å². The fourth-order valence-electron chi connectivity index (χ4n) is 2.38. The highest BCUT2D eigenvalue weighted by molar-refractivity contribution is 5.91. The molecule has 1 unspecified atom stereocenters. The number of likely N-dealkylation sites (tertiary alicyclic amines) is 1. The van der Waals surface area contributed by atoms with E-state index in [1.165, 1.54) is 32.4 Å². The fourth-order valence-corrected chi connectivity index (χ4v) is 2.38. The van der Waals surface area contributed by atoms with Gasteiger partial charge in [-0.05, 0) is 51.0 Å². The number of pyridine rings is 1. The molecule has 1 N–H and O–H groups in total. The van der Waals surface area contributed by atoms with E-state index in [4.69, 9.17) is 0 Å². The van der Waals surface area contributed by atoms with Crippen molar-refractivity contribution < 1.29 is 4.79 Å². The topological polar surface area (TPSA) is 45.2 Å². The smallest absolute Gasteiger partial charge is 0.228 e. The number of amides is 1. The number of carbonyl (C=O) groups excluding carboxylic acids is 1. The Hall–Kier alpha value is -1.42. The molecule has 0 aliphatic carbocycles. The van der Waals surface area contributed by atoms with Crippen molar-refractivity contribution in [2.75, 3.05) is 25.0 Å². The predicted molar refractivity (Wildman–Crippen MR) is 76.9 cm³/mol. The van der Waals surface area contributed by atoms with Gasteiger partial charge < -0.3 is 10.2 Å². The molecule has 1 aliphatic rings. The number of anilines is 1. The van der Waals surface area contributed by atoms with E-state index in [1.54, 1.807) is 6.20 Å². The van der Waals surface area contributed by atoms with Crippen LogP contribution in [0.1, 0.15) is 32.6 Å². The summed E-state index contributed by atoms with van der Waals surface area (Å²) in [6.07, 6.45) is 6.56. The van der Waals surface area contributed by atoms with Gasteiger partial charge in [0.25, 0.3) is 0 Å². The minimum Gasteiger partial charge on any atom is -0.310 e. The van der Waals surface area contributed by atoms with Crippen LogP contribution in [-0.4, -0.2) is 35.4 Å². The highest BCUT2D eigenvalue weighted by Gasteiger charge is 2.16. The molecule has 2 heterocycles. The lowest BCUT2D eigenvalue weighted by Crippen LogP contribution is -2.33. The van der Waals surface area contributed by atoms with E-state index in [2.05, 4.69) is 15.2 Å². The predicted octanol–water partition coefficient (Wildman–Crippen LogP) is 2.53. The second-order valence-corrected chi connectivity index (χ2v) is 5.30. The molecular formula is C15H23N3O. The Morgan fingerprint density at radius 3 is 2.84 bits per heavy atom. The van der Waals surface area contributed by atoms with Crippen molar-refractivity contribution in [2.24, 2.45) is 5.92 Å². The summed E-state index contributed by atoms with van der Waals surface area (Å²) in [7, 11) is 0. The number of aromatic nitrogens is 1. The van der Waals surface area contributed by atoms with Crippen LogP contribution in [0.15, 0.2) is 24.4 Å². The van der Waals surface area contributed by atoms with Gasteiger partial charge in [-0.15, -0.1) is 0 Å². The molecule has 1 saturated heterocycles. The molecule has 1 aliphatic heterocycles. The molecular weight excluding hydrogens is 238 g/mol. The van der Waals surface area contributed by atoms with Crippen LogP contribution >= 0.6 is 0 Å². The fraction of sp³-hybridized carbons (Fsp3) is 0.600. The number of nitrogens with one attached hydrogen (secondary N) is 1. The molecule has 1 aromatic rings. The van der Waals surface area contributed by atoms with Crippen LogP contribution in [0.4, 0.5) is 5.82 Å². The summed E-state index contributed by atoms with van der Waals surface area (Å²) < 4.78 is 0. The average molecular weight is 261 g/mol. The number of rotatable bonds is 5. The van der Waals surface area contributed by atoms with Gasteiger partial charge in [0.05, 0.1) is 0 Å². The molecule has 1 amide bonds. The van der Waals surface area contributed by atoms with Gasteiger partial charge in [0, 0.05) is 12.1 Å². The van der Waals surface area contributed by atoms with Crippen LogP contribution in [0.2, 0.25) is 0 Å². The van der Waals surface area contributed by atoms with E-state index in [-0.39, 0.29) is 11.8 Å². The molecule has 19 heavy (non-hydrogen) atoms. The lowest BCUT2D eigenvalue weighted by molar-refractivity contribution is -0.119. The molecule has 0 bridgehead atoms. The second kappa shape index (κ2) is 7.24. The van der Waals surface area contributed by atoms with Crippen LogP contribution in [0.25, 0.3) is 0 Å². The first-order chi connectivity index (χ1) is 9.25. The first kappa shape index (κ1) is 14.0. The van der Waals surface area contributed by atoms with Crippen molar-refractivity contribution in [3.63, 3.8) is 0 Å². The highest BCUT2D eigenvalue weighted by atomic mass is 16.1. The summed E-state index contributed by atoms with van der Waals surface area (Å²) in [5.41, 5.74) is 0. The van der Waals surface area contributed by atoms with E-state index in [0.717, 1.165) is 13.0 Å². The maximum Gasteiger partial charge on any atom is 0.228 e. The molecule has 2 rings (SSSR count). The third-order valence-corrected chi connectivity index (χ3v) is 3.69. The first-order valence-electron chi connectivity index (χ1n) is 7.20. The Balaban J connectivity index is 1.73. The highest BCUT2D eigenvalue weighted by Crippen LogP contribution is 2.12. The maximum absolute atomic E-state index is 12.0. The Labute approximate surface area is 115 Å². The van der Waals surface area contributed by atoms with Gasteiger partial charge in [0.1, 0.15) is 5.82 Å². The Morgan fingerprint density at radius 2 is 2.16 bits per heavy atom. The van der Waals surface area contributed by atoms with E-state index >= 15 is 0 Å². The van der Waals surface area contributed by atoms with Crippen LogP contribution in [0.3, 0.4) is 0 Å². The summed E-state index contributed by atoms with van der Waals surface area (Å²) >= 11 is 0. The largest absolute Gasteiger partial charge is 0.310 e. The molecule has 1 atom stereocenters. The van der Waals surface area contributed by atoms with Gasteiger partial charge in [0.15, 0.2) is 0 Å². The van der Waals surface area contributed by atoms with Crippen molar-refractivity contribution in [1.82, 2.24) is 9.88 Å². The summed E-state index contributed by atoms with van der Waals surface area (Å²) in [6, 6.07) is 5.53. The first-order valence-corrected chi connectivity index (χ1v) is 7.20. The molecule has 1 fully saturated rings. The quantitative estimate of drug-likeness (QED) is 0.886. The maximum atomic E-state index is 12.0. The number of piperidine rings is 1. The Kier molecular flexibility index (Phi) is 5.33. The van der Waals surface area contributed by atoms with Crippen LogP contribution in [-0.2, 0) is 4.79 Å². The zero-order valence-electron chi connectivity index (χ0n) is 11.6. The number of hydrogen-bond acceptors (Lipinski definition) is 3. The van der Waals surface area contributed by atoms with Gasteiger partial charge in [-0.25, -0.2) is 4.98 Å². The summed E-state index contributed by atoms with van der Waals surface area (Å²) in [5.74, 6) is 0.733. The molecule has 104 valence electrons. The van der Waals surface area contributed by atoms with Crippen LogP contribution in [0, 0.1) is 5.92 Å². The molecule has 4 heteroatoms. The van der Waals surface area contributed by atoms with E-state index in [1.807, 2.05) is 25.1 Å². The Bertz CT molecular complexity index is 388. The zero-order valence-corrected chi connectivity index (χ0v) is 11.6. The SMILES string of the molecule is CC(CCN1CCCCC1)C(=O)Nc1ccccn1. The molecule has 0 saturated carbocycles. The normalized spacial score (nSPS) is 17.9. The molecule has 0 radical (unpaired) electrons. The van der Waals surface area contributed by atoms with E-state index in [0.29, 0.717) is 5.82 Å². The zero-order chi connectivity index (χ0) is 13.5. The third-order valence-electron chi connectivity index (χ3n) is 3.69. The molecule has 0 aromatic carbocycles. The number of hydrogen-bond donors (Lipinski definition) is 1. The second-order valence-electron chi connectivity index (χ2n) is 5.30. The van der Waals surface area contributed by atoms with Gasteiger partial charge in [-0.2, -0.15) is 0 Å². The van der Waals surface area contributed by atoms with Crippen molar-refractivity contribution in [3.05, 3.63) is 24.4 Å². The van der Waals surface area contributed by atoms with Crippen LogP contribution < -0.4 is 5.32 Å². The number of nitrogens with zero attached hydrogens (tertiary/aromatic N) is 2. The van der Waals surface area contributed by atoms with Gasteiger partial charge in [-0.3, -0.25) is 4.79 Å².